The highest BCUT2D eigenvalue weighted by Crippen LogP contribution is 2.32. The van der Waals surface area contributed by atoms with Gasteiger partial charge in [0.1, 0.15) is 0 Å². The molecule has 188 valence electrons. The summed E-state index contributed by atoms with van der Waals surface area (Å²) in [6, 6.07) is 21.5. The fraction of sp³-hybridized carbons (Fsp3) is 0.484. The van der Waals surface area contributed by atoms with Crippen LogP contribution >= 0.6 is 0 Å². The Balaban J connectivity index is 1.22. The lowest BCUT2D eigenvalue weighted by Crippen LogP contribution is -2.46. The SMILES string of the molecule is CCCCC1=C(NOCCCN2CCN(Cc3ccccc3)CC2)C(=Cc2ccccc2)CCC1. The molecule has 4 rings (SSSR count). The molecule has 1 aliphatic carbocycles. The van der Waals surface area contributed by atoms with Gasteiger partial charge < -0.3 is 4.90 Å². The summed E-state index contributed by atoms with van der Waals surface area (Å²) in [5, 5.41) is 0. The van der Waals surface area contributed by atoms with E-state index in [1.807, 2.05) is 0 Å². The van der Waals surface area contributed by atoms with Gasteiger partial charge in [-0.05, 0) is 66.9 Å². The lowest BCUT2D eigenvalue weighted by molar-refractivity contribution is 0.0496. The van der Waals surface area contributed by atoms with Crippen molar-refractivity contribution < 1.29 is 4.84 Å². The molecule has 0 atom stereocenters. The second-order valence-electron chi connectivity index (χ2n) is 9.92. The van der Waals surface area contributed by atoms with Crippen molar-refractivity contribution >= 4 is 6.08 Å². The molecular weight excluding hydrogens is 430 g/mol. The van der Waals surface area contributed by atoms with E-state index in [-0.39, 0.29) is 0 Å². The number of hydrogen-bond donors (Lipinski definition) is 1. The summed E-state index contributed by atoms with van der Waals surface area (Å²) >= 11 is 0. The summed E-state index contributed by atoms with van der Waals surface area (Å²) in [6.45, 7) is 9.78. The average molecular weight is 474 g/mol. The van der Waals surface area contributed by atoms with Gasteiger partial charge in [0.2, 0.25) is 0 Å². The summed E-state index contributed by atoms with van der Waals surface area (Å²) in [7, 11) is 0. The van der Waals surface area contributed by atoms with Crippen LogP contribution in [0.4, 0.5) is 0 Å². The zero-order valence-electron chi connectivity index (χ0n) is 21.6. The summed E-state index contributed by atoms with van der Waals surface area (Å²) < 4.78 is 0. The molecule has 35 heavy (non-hydrogen) atoms. The first-order valence-corrected chi connectivity index (χ1v) is 13.7. The Labute approximate surface area is 212 Å². The highest BCUT2D eigenvalue weighted by molar-refractivity contribution is 5.59. The third kappa shape index (κ3) is 8.34. The van der Waals surface area contributed by atoms with Gasteiger partial charge in [-0.15, -0.1) is 0 Å². The van der Waals surface area contributed by atoms with Crippen molar-refractivity contribution in [3.05, 3.63) is 88.6 Å². The van der Waals surface area contributed by atoms with Crippen LogP contribution in [0.15, 0.2) is 77.5 Å². The van der Waals surface area contributed by atoms with E-state index < -0.39 is 0 Å². The van der Waals surface area contributed by atoms with E-state index >= 15 is 0 Å². The van der Waals surface area contributed by atoms with Crippen molar-refractivity contribution in [2.45, 2.75) is 58.4 Å². The van der Waals surface area contributed by atoms with E-state index in [1.165, 1.54) is 60.1 Å². The van der Waals surface area contributed by atoms with Crippen LogP contribution in [0.1, 0.15) is 63.0 Å². The van der Waals surface area contributed by atoms with E-state index in [1.54, 1.807) is 0 Å². The van der Waals surface area contributed by atoms with Crippen LogP contribution < -0.4 is 5.48 Å². The standard InChI is InChI=1S/C31H43N3O/c1-2-3-16-29-17-10-18-30(25-27-12-6-4-7-13-27)31(29)32-35-24-11-19-33-20-22-34(23-21-33)26-28-14-8-5-9-15-28/h4-9,12-15,25,32H,2-3,10-11,16-24,26H2,1H3. The maximum atomic E-state index is 6.06. The van der Waals surface area contributed by atoms with Crippen LogP contribution in [0, 0.1) is 0 Å². The first-order valence-electron chi connectivity index (χ1n) is 13.7. The Kier molecular flexibility index (Phi) is 10.4. The Morgan fingerprint density at radius 3 is 2.31 bits per heavy atom. The molecule has 0 spiro atoms. The van der Waals surface area contributed by atoms with Crippen LogP contribution in [-0.4, -0.2) is 49.1 Å². The Morgan fingerprint density at radius 2 is 1.57 bits per heavy atom. The highest BCUT2D eigenvalue weighted by atomic mass is 16.6. The first kappa shape index (κ1) is 25.7. The van der Waals surface area contributed by atoms with Gasteiger partial charge in [-0.3, -0.25) is 15.2 Å². The number of nitrogens with zero attached hydrogens (tertiary/aromatic N) is 2. The smallest absolute Gasteiger partial charge is 0.0758 e. The molecule has 1 saturated heterocycles. The minimum Gasteiger partial charge on any atom is -0.301 e. The molecule has 0 bridgehead atoms. The van der Waals surface area contributed by atoms with Crippen molar-refractivity contribution in [3.63, 3.8) is 0 Å². The average Bonchev–Trinajstić information content (AvgIpc) is 2.90. The number of nitrogens with one attached hydrogen (secondary N) is 1. The molecule has 0 saturated carbocycles. The third-order valence-electron chi connectivity index (χ3n) is 7.18. The number of hydrogen-bond acceptors (Lipinski definition) is 4. The Morgan fingerprint density at radius 1 is 0.857 bits per heavy atom. The summed E-state index contributed by atoms with van der Waals surface area (Å²) in [5.74, 6) is 0. The molecule has 0 aromatic heterocycles. The molecule has 2 aliphatic rings. The van der Waals surface area contributed by atoms with E-state index in [0.717, 1.165) is 58.7 Å². The highest BCUT2D eigenvalue weighted by Gasteiger charge is 2.19. The fourth-order valence-electron chi connectivity index (χ4n) is 5.14. The largest absolute Gasteiger partial charge is 0.301 e. The maximum absolute atomic E-state index is 6.06. The van der Waals surface area contributed by atoms with Crippen molar-refractivity contribution in [1.82, 2.24) is 15.3 Å². The lowest BCUT2D eigenvalue weighted by Gasteiger charge is -2.34. The van der Waals surface area contributed by atoms with Crippen LogP contribution in [0.5, 0.6) is 0 Å². The summed E-state index contributed by atoms with van der Waals surface area (Å²) in [5.41, 5.74) is 10.3. The van der Waals surface area contributed by atoms with E-state index in [2.05, 4.69) is 88.9 Å². The second kappa shape index (κ2) is 14.2. The van der Waals surface area contributed by atoms with Gasteiger partial charge in [0.15, 0.2) is 0 Å². The number of hydroxylamine groups is 1. The molecule has 4 nitrogen and oxygen atoms in total. The monoisotopic (exact) mass is 473 g/mol. The maximum Gasteiger partial charge on any atom is 0.0758 e. The van der Waals surface area contributed by atoms with Crippen LogP contribution in [-0.2, 0) is 11.4 Å². The van der Waals surface area contributed by atoms with Gasteiger partial charge in [0.05, 0.1) is 12.3 Å². The summed E-state index contributed by atoms with van der Waals surface area (Å²) in [6.07, 6.45) is 10.6. The van der Waals surface area contributed by atoms with Gasteiger partial charge in [-0.1, -0.05) is 74.0 Å². The predicted octanol–water partition coefficient (Wildman–Crippen LogP) is 6.43. The zero-order valence-corrected chi connectivity index (χ0v) is 21.6. The number of benzene rings is 2. The molecule has 1 fully saturated rings. The molecular formula is C31H43N3O. The van der Waals surface area contributed by atoms with Crippen molar-refractivity contribution in [2.75, 3.05) is 39.3 Å². The summed E-state index contributed by atoms with van der Waals surface area (Å²) in [4.78, 5) is 11.2. The molecule has 4 heteroatoms. The van der Waals surface area contributed by atoms with Gasteiger partial charge >= 0.3 is 0 Å². The number of piperazine rings is 1. The van der Waals surface area contributed by atoms with E-state index in [0.29, 0.717) is 0 Å². The predicted molar refractivity (Wildman–Crippen MR) is 147 cm³/mol. The van der Waals surface area contributed by atoms with Gasteiger partial charge in [-0.25, -0.2) is 0 Å². The van der Waals surface area contributed by atoms with Gasteiger partial charge in [0, 0.05) is 39.3 Å². The number of rotatable bonds is 12. The number of allylic oxidation sites excluding steroid dienone is 2. The second-order valence-corrected chi connectivity index (χ2v) is 9.92. The molecule has 1 aliphatic heterocycles. The van der Waals surface area contributed by atoms with Gasteiger partial charge in [-0.2, -0.15) is 0 Å². The zero-order chi connectivity index (χ0) is 24.1. The van der Waals surface area contributed by atoms with Crippen molar-refractivity contribution in [3.8, 4) is 0 Å². The minimum atomic E-state index is 0.743. The molecule has 2 aromatic carbocycles. The minimum absolute atomic E-state index is 0.743. The fourth-order valence-corrected chi connectivity index (χ4v) is 5.14. The van der Waals surface area contributed by atoms with E-state index in [9.17, 15) is 0 Å². The lowest BCUT2D eigenvalue weighted by atomic mass is 9.88. The van der Waals surface area contributed by atoms with Crippen LogP contribution in [0.25, 0.3) is 6.08 Å². The topological polar surface area (TPSA) is 27.7 Å². The quantitative estimate of drug-likeness (QED) is 0.284. The van der Waals surface area contributed by atoms with Crippen molar-refractivity contribution in [2.24, 2.45) is 0 Å². The van der Waals surface area contributed by atoms with Crippen molar-refractivity contribution in [1.29, 1.82) is 0 Å². The Hall–Kier alpha value is -2.40. The Bertz CT molecular complexity index is 930. The molecule has 0 amide bonds. The molecule has 0 radical (unpaired) electrons. The molecule has 1 N–H and O–H groups in total. The number of unbranched alkanes of at least 4 members (excludes halogenated alkanes) is 1. The third-order valence-corrected chi connectivity index (χ3v) is 7.18. The van der Waals surface area contributed by atoms with Gasteiger partial charge in [0.25, 0.3) is 0 Å². The van der Waals surface area contributed by atoms with Crippen LogP contribution in [0.3, 0.4) is 0 Å². The molecule has 2 aromatic rings. The normalized spacial score (nSPS) is 18.8. The molecule has 1 heterocycles. The first-order chi connectivity index (χ1) is 17.3. The van der Waals surface area contributed by atoms with E-state index in [4.69, 9.17) is 4.84 Å². The van der Waals surface area contributed by atoms with Crippen LogP contribution in [0.2, 0.25) is 0 Å². The molecule has 0 unspecified atom stereocenters.